The highest BCUT2D eigenvalue weighted by Gasteiger charge is 2.17. The maximum absolute atomic E-state index is 13.0. The van der Waals surface area contributed by atoms with E-state index in [4.69, 9.17) is 4.74 Å². The normalized spacial score (nSPS) is 14.0. The van der Waals surface area contributed by atoms with Crippen LogP contribution >= 0.6 is 0 Å². The Kier molecular flexibility index (Phi) is 5.95. The number of rotatable bonds is 6. The Morgan fingerprint density at radius 2 is 1.66 bits per heavy atom. The molecule has 0 saturated heterocycles. The largest absolute Gasteiger partial charge is 0.488 e. The van der Waals surface area contributed by atoms with Crippen LogP contribution in [0.2, 0.25) is 0 Å². The van der Waals surface area contributed by atoms with E-state index in [0.717, 1.165) is 17.5 Å². The van der Waals surface area contributed by atoms with Gasteiger partial charge in [-0.3, -0.25) is 4.79 Å². The van der Waals surface area contributed by atoms with Crippen LogP contribution in [-0.4, -0.2) is 5.91 Å². The number of ether oxygens (including phenoxy) is 1. The van der Waals surface area contributed by atoms with Gasteiger partial charge in [-0.15, -0.1) is 0 Å². The minimum absolute atomic E-state index is 0.0584. The van der Waals surface area contributed by atoms with E-state index in [0.29, 0.717) is 17.9 Å². The molecule has 3 nitrogen and oxygen atoms in total. The van der Waals surface area contributed by atoms with Gasteiger partial charge in [-0.05, 0) is 67.0 Å². The molecule has 3 aromatic rings. The monoisotopic (exact) mass is 385 g/mol. The molecule has 0 aromatic heterocycles. The first-order valence-corrected chi connectivity index (χ1v) is 10.4. The van der Waals surface area contributed by atoms with Gasteiger partial charge in [0.1, 0.15) is 12.4 Å². The summed E-state index contributed by atoms with van der Waals surface area (Å²) in [6.07, 6.45) is 4.84. The average molecular weight is 386 g/mol. The van der Waals surface area contributed by atoms with E-state index >= 15 is 0 Å². The van der Waals surface area contributed by atoms with Crippen LogP contribution in [0.15, 0.2) is 72.8 Å². The smallest absolute Gasteiger partial charge is 0.255 e. The van der Waals surface area contributed by atoms with Crippen molar-refractivity contribution in [1.82, 2.24) is 5.32 Å². The van der Waals surface area contributed by atoms with Gasteiger partial charge in [0.25, 0.3) is 5.91 Å². The number of carbonyl (C=O) groups is 1. The van der Waals surface area contributed by atoms with Crippen LogP contribution in [0.1, 0.15) is 58.4 Å². The molecule has 1 aliphatic carbocycles. The molecule has 0 heterocycles. The third-order valence-corrected chi connectivity index (χ3v) is 5.59. The van der Waals surface area contributed by atoms with Crippen LogP contribution in [-0.2, 0) is 19.4 Å². The van der Waals surface area contributed by atoms with Gasteiger partial charge in [-0.1, -0.05) is 60.7 Å². The Bertz CT molecular complexity index is 981. The Hall–Kier alpha value is -3.07. The van der Waals surface area contributed by atoms with Gasteiger partial charge in [-0.2, -0.15) is 0 Å². The lowest BCUT2D eigenvalue weighted by atomic mass is 9.89. The van der Waals surface area contributed by atoms with Crippen LogP contribution in [0.4, 0.5) is 0 Å². The summed E-state index contributed by atoms with van der Waals surface area (Å²) < 4.78 is 5.95. The zero-order valence-electron chi connectivity index (χ0n) is 16.9. The molecule has 1 N–H and O–H groups in total. The Morgan fingerprint density at radius 1 is 0.931 bits per heavy atom. The van der Waals surface area contributed by atoms with Gasteiger partial charge in [-0.25, -0.2) is 0 Å². The number of amides is 1. The zero-order valence-corrected chi connectivity index (χ0v) is 16.9. The topological polar surface area (TPSA) is 38.3 Å². The van der Waals surface area contributed by atoms with E-state index in [2.05, 4.69) is 23.5 Å². The number of benzene rings is 3. The van der Waals surface area contributed by atoms with Crippen molar-refractivity contribution in [2.45, 2.75) is 45.3 Å². The van der Waals surface area contributed by atoms with Gasteiger partial charge >= 0.3 is 0 Å². The molecule has 148 valence electrons. The van der Waals surface area contributed by atoms with Crippen molar-refractivity contribution >= 4 is 5.91 Å². The first-order valence-electron chi connectivity index (χ1n) is 10.4. The SMILES string of the molecule is C[C@H](NC(=O)c1ccccc1OCc1ccccc1)c1ccc2c(c1)CCCC2. The van der Waals surface area contributed by atoms with Gasteiger partial charge in [0, 0.05) is 0 Å². The first kappa shape index (κ1) is 19.3. The average Bonchev–Trinajstić information content (AvgIpc) is 2.78. The lowest BCUT2D eigenvalue weighted by molar-refractivity contribution is 0.0935. The molecule has 3 heteroatoms. The zero-order chi connectivity index (χ0) is 20.1. The number of nitrogens with one attached hydrogen (secondary N) is 1. The number of fused-ring (bicyclic) bond motifs is 1. The summed E-state index contributed by atoms with van der Waals surface area (Å²) in [6, 6.07) is 24.0. The van der Waals surface area contributed by atoms with Gasteiger partial charge in [0.05, 0.1) is 11.6 Å². The van der Waals surface area contributed by atoms with E-state index in [1.165, 1.54) is 30.4 Å². The minimum atomic E-state index is -0.112. The Morgan fingerprint density at radius 3 is 2.48 bits per heavy atom. The highest BCUT2D eigenvalue weighted by molar-refractivity contribution is 5.97. The second kappa shape index (κ2) is 8.95. The third kappa shape index (κ3) is 4.68. The number of hydrogen-bond donors (Lipinski definition) is 1. The molecule has 4 rings (SSSR count). The van der Waals surface area contributed by atoms with E-state index in [-0.39, 0.29) is 11.9 Å². The standard InChI is InChI=1S/C26H27NO2/c1-19(22-16-15-21-11-5-6-12-23(21)17-22)27-26(28)24-13-7-8-14-25(24)29-18-20-9-3-2-4-10-20/h2-4,7-10,13-17,19H,5-6,11-12,18H2,1H3,(H,27,28)/t19-/m0/s1. The van der Waals surface area contributed by atoms with Crippen molar-refractivity contribution in [2.75, 3.05) is 0 Å². The molecule has 0 spiro atoms. The fourth-order valence-electron chi connectivity index (χ4n) is 3.90. The summed E-state index contributed by atoms with van der Waals surface area (Å²) in [7, 11) is 0. The predicted molar refractivity (Wildman–Crippen MR) is 116 cm³/mol. The van der Waals surface area contributed by atoms with Gasteiger partial charge < -0.3 is 10.1 Å². The second-order valence-corrected chi connectivity index (χ2v) is 7.70. The van der Waals surface area contributed by atoms with Crippen molar-refractivity contribution in [3.63, 3.8) is 0 Å². The predicted octanol–water partition coefficient (Wildman–Crippen LogP) is 5.64. The van der Waals surface area contributed by atoms with E-state index < -0.39 is 0 Å². The van der Waals surface area contributed by atoms with E-state index in [1.807, 2.05) is 61.5 Å². The molecule has 0 unspecified atom stereocenters. The lowest BCUT2D eigenvalue weighted by Crippen LogP contribution is -2.27. The summed E-state index contributed by atoms with van der Waals surface area (Å²) in [4.78, 5) is 13.0. The molecule has 1 aliphatic rings. The summed E-state index contributed by atoms with van der Waals surface area (Å²) in [5, 5.41) is 3.14. The molecule has 0 fully saturated rings. The lowest BCUT2D eigenvalue weighted by Gasteiger charge is -2.20. The number of aryl methyl sites for hydroxylation is 2. The van der Waals surface area contributed by atoms with E-state index in [9.17, 15) is 4.79 Å². The van der Waals surface area contributed by atoms with Crippen molar-refractivity contribution < 1.29 is 9.53 Å². The Balaban J connectivity index is 1.45. The Labute approximate surface area is 172 Å². The molecule has 0 radical (unpaired) electrons. The highest BCUT2D eigenvalue weighted by Crippen LogP contribution is 2.26. The first-order chi connectivity index (χ1) is 14.2. The summed E-state index contributed by atoms with van der Waals surface area (Å²) in [5.41, 5.74) is 5.68. The van der Waals surface area contributed by atoms with Crippen LogP contribution < -0.4 is 10.1 Å². The fourth-order valence-corrected chi connectivity index (χ4v) is 3.90. The van der Waals surface area contributed by atoms with Crippen molar-refractivity contribution in [1.29, 1.82) is 0 Å². The van der Waals surface area contributed by atoms with Gasteiger partial charge in [0.2, 0.25) is 0 Å². The molecular formula is C26H27NO2. The third-order valence-electron chi connectivity index (χ3n) is 5.59. The molecular weight excluding hydrogens is 358 g/mol. The summed E-state index contributed by atoms with van der Waals surface area (Å²) >= 11 is 0. The fraction of sp³-hybridized carbons (Fsp3) is 0.269. The van der Waals surface area contributed by atoms with E-state index in [1.54, 1.807) is 0 Å². The summed E-state index contributed by atoms with van der Waals surface area (Å²) in [5.74, 6) is 0.491. The van der Waals surface area contributed by atoms with Crippen molar-refractivity contribution in [3.8, 4) is 5.75 Å². The van der Waals surface area contributed by atoms with Crippen LogP contribution in [0.25, 0.3) is 0 Å². The molecule has 0 bridgehead atoms. The molecule has 0 saturated carbocycles. The van der Waals surface area contributed by atoms with Crippen molar-refractivity contribution in [3.05, 3.63) is 101 Å². The molecule has 3 aromatic carbocycles. The molecule has 29 heavy (non-hydrogen) atoms. The second-order valence-electron chi connectivity index (χ2n) is 7.70. The van der Waals surface area contributed by atoms with Gasteiger partial charge in [0.15, 0.2) is 0 Å². The maximum atomic E-state index is 13.0. The quantitative estimate of drug-likeness (QED) is 0.597. The van der Waals surface area contributed by atoms with Crippen molar-refractivity contribution in [2.24, 2.45) is 0 Å². The van der Waals surface area contributed by atoms with Crippen LogP contribution in [0, 0.1) is 0 Å². The van der Waals surface area contributed by atoms with Crippen LogP contribution in [0.5, 0.6) is 5.75 Å². The molecule has 1 amide bonds. The number of hydrogen-bond acceptors (Lipinski definition) is 2. The number of carbonyl (C=O) groups excluding carboxylic acids is 1. The maximum Gasteiger partial charge on any atom is 0.255 e. The number of para-hydroxylation sites is 1. The van der Waals surface area contributed by atoms with Crippen LogP contribution in [0.3, 0.4) is 0 Å². The minimum Gasteiger partial charge on any atom is -0.488 e. The highest BCUT2D eigenvalue weighted by atomic mass is 16.5. The molecule has 0 aliphatic heterocycles. The summed E-state index contributed by atoms with van der Waals surface area (Å²) in [6.45, 7) is 2.47. The molecule has 1 atom stereocenters.